The highest BCUT2D eigenvalue weighted by molar-refractivity contribution is 7.17. The zero-order valence-corrected chi connectivity index (χ0v) is 22.2. The van der Waals surface area contributed by atoms with Crippen molar-refractivity contribution in [1.82, 2.24) is 20.2 Å². The number of fused-ring (bicyclic) bond motifs is 2. The van der Waals surface area contributed by atoms with Crippen molar-refractivity contribution < 1.29 is 27.9 Å². The number of nitrogens with zero attached hydrogens (tertiary/aromatic N) is 3. The molecular weight excluding hydrogens is 519 g/mol. The first-order valence-electron chi connectivity index (χ1n) is 13.2. The maximum atomic E-state index is 13.7. The molecule has 3 fully saturated rings. The topological polar surface area (TPSA) is 107 Å². The van der Waals surface area contributed by atoms with Gasteiger partial charge in [-0.3, -0.25) is 9.59 Å². The van der Waals surface area contributed by atoms with Gasteiger partial charge < -0.3 is 20.6 Å². The van der Waals surface area contributed by atoms with Gasteiger partial charge >= 0.3 is 6.18 Å². The lowest BCUT2D eigenvalue weighted by Crippen LogP contribution is -2.36. The number of anilines is 1. The maximum Gasteiger partial charge on any atom is 0.408 e. The third kappa shape index (κ3) is 5.25. The van der Waals surface area contributed by atoms with Gasteiger partial charge in [0.1, 0.15) is 17.6 Å². The van der Waals surface area contributed by atoms with Crippen LogP contribution in [0, 0.1) is 6.92 Å². The van der Waals surface area contributed by atoms with Crippen LogP contribution in [0.25, 0.3) is 10.4 Å². The highest BCUT2D eigenvalue weighted by atomic mass is 32.1. The first kappa shape index (κ1) is 26.9. The summed E-state index contributed by atoms with van der Waals surface area (Å²) in [4.78, 5) is 37.9. The minimum Gasteiger partial charge on any atom is -0.393 e. The first-order chi connectivity index (χ1) is 18.0. The molecular formula is C26H32F3N5O3S. The van der Waals surface area contributed by atoms with E-state index in [1.165, 1.54) is 19.2 Å². The number of amides is 2. The fourth-order valence-corrected chi connectivity index (χ4v) is 6.95. The van der Waals surface area contributed by atoms with Crippen molar-refractivity contribution in [2.24, 2.45) is 0 Å². The molecule has 0 aromatic carbocycles. The van der Waals surface area contributed by atoms with Crippen LogP contribution in [-0.4, -0.2) is 68.2 Å². The van der Waals surface area contributed by atoms with E-state index in [1.807, 2.05) is 4.90 Å². The van der Waals surface area contributed by atoms with E-state index in [1.54, 1.807) is 6.92 Å². The molecule has 3 N–H and O–H groups in total. The summed E-state index contributed by atoms with van der Waals surface area (Å²) in [5.41, 5.74) is 1.35. The molecule has 206 valence electrons. The van der Waals surface area contributed by atoms with E-state index in [9.17, 15) is 27.9 Å². The van der Waals surface area contributed by atoms with Crippen molar-refractivity contribution in [1.29, 1.82) is 0 Å². The zero-order valence-electron chi connectivity index (χ0n) is 21.3. The highest BCUT2D eigenvalue weighted by Gasteiger charge is 2.44. The standard InChI is InChI=1S/C26H32F3N5O3S/c1-3-19(26(27,28)29)32-20-10-13(2)18(12-30-20)22-21(25(37)34-15-5-6-16(34)8-7-15)33-24(38-22)23(36)31-14-4-9-17(35)11-14/h10,12,14-17,19,35H,3-9,11H2,1-2H3,(H,30,32)(H,31,36)/t14-,15?,16?,17-,19-/m0/s1. The Labute approximate surface area is 223 Å². The largest absolute Gasteiger partial charge is 0.408 e. The van der Waals surface area contributed by atoms with E-state index in [-0.39, 0.29) is 47.0 Å². The third-order valence-electron chi connectivity index (χ3n) is 7.93. The second-order valence-corrected chi connectivity index (χ2v) is 11.5. The van der Waals surface area contributed by atoms with Crippen molar-refractivity contribution in [2.75, 3.05) is 5.32 Å². The lowest BCUT2D eigenvalue weighted by molar-refractivity contribution is -0.142. The molecule has 0 radical (unpaired) electrons. The molecule has 38 heavy (non-hydrogen) atoms. The number of carbonyl (C=O) groups excluding carboxylic acids is 2. The summed E-state index contributed by atoms with van der Waals surface area (Å²) in [5, 5.41) is 15.3. The molecule has 3 atom stereocenters. The Bertz CT molecular complexity index is 1200. The average molecular weight is 552 g/mol. The summed E-state index contributed by atoms with van der Waals surface area (Å²) in [5.74, 6) is -0.539. The number of nitrogens with one attached hydrogen (secondary N) is 2. The van der Waals surface area contributed by atoms with Gasteiger partial charge in [0.05, 0.1) is 11.0 Å². The molecule has 2 saturated heterocycles. The Kier molecular flexibility index (Phi) is 7.38. The van der Waals surface area contributed by atoms with Crippen molar-refractivity contribution in [3.63, 3.8) is 0 Å². The molecule has 2 aliphatic heterocycles. The molecule has 3 aliphatic rings. The molecule has 2 aromatic heterocycles. The van der Waals surface area contributed by atoms with Crippen LogP contribution in [0.1, 0.15) is 84.1 Å². The number of aromatic nitrogens is 2. The molecule has 5 rings (SSSR count). The minimum absolute atomic E-state index is 0.0863. The van der Waals surface area contributed by atoms with Crippen LogP contribution < -0.4 is 10.6 Å². The van der Waals surface area contributed by atoms with Crippen molar-refractivity contribution in [3.05, 3.63) is 28.5 Å². The molecule has 0 unspecified atom stereocenters. The van der Waals surface area contributed by atoms with E-state index in [2.05, 4.69) is 20.6 Å². The second kappa shape index (κ2) is 10.4. The Balaban J connectivity index is 1.47. The summed E-state index contributed by atoms with van der Waals surface area (Å²) in [6.07, 6.45) is 2.01. The third-order valence-corrected chi connectivity index (χ3v) is 9.02. The SMILES string of the molecule is CC[C@H](Nc1cc(C)c(-c2sc(C(=O)N[C@H]3CC[C@H](O)C3)nc2C(=O)N2C3CCC2CC3)cn1)C(F)(F)F. The smallest absolute Gasteiger partial charge is 0.393 e. The van der Waals surface area contributed by atoms with Crippen LogP contribution >= 0.6 is 11.3 Å². The monoisotopic (exact) mass is 551 g/mol. The molecule has 2 bridgehead atoms. The van der Waals surface area contributed by atoms with Gasteiger partial charge in [-0.05, 0) is 69.9 Å². The predicted molar refractivity (Wildman–Crippen MR) is 137 cm³/mol. The Hall–Kier alpha value is -2.73. The normalized spacial score (nSPS) is 25.6. The fraction of sp³-hybridized carbons (Fsp3) is 0.615. The number of rotatable bonds is 7. The van der Waals surface area contributed by atoms with Crippen molar-refractivity contribution in [3.8, 4) is 10.4 Å². The quantitative estimate of drug-likeness (QED) is 0.462. The van der Waals surface area contributed by atoms with Gasteiger partial charge in [-0.2, -0.15) is 13.2 Å². The number of thiazole rings is 1. The highest BCUT2D eigenvalue weighted by Crippen LogP contribution is 2.41. The van der Waals surface area contributed by atoms with Crippen LogP contribution in [0.4, 0.5) is 19.0 Å². The van der Waals surface area contributed by atoms with Crippen molar-refractivity contribution >= 4 is 29.0 Å². The lowest BCUT2D eigenvalue weighted by atomic mass is 10.0. The number of hydrogen-bond donors (Lipinski definition) is 3. The fourth-order valence-electron chi connectivity index (χ4n) is 5.91. The molecule has 1 aliphatic carbocycles. The van der Waals surface area contributed by atoms with E-state index in [0.717, 1.165) is 37.0 Å². The Morgan fingerprint density at radius 2 is 1.87 bits per heavy atom. The Morgan fingerprint density at radius 1 is 1.18 bits per heavy atom. The van der Waals surface area contributed by atoms with Crippen LogP contribution in [0.2, 0.25) is 0 Å². The summed E-state index contributed by atoms with van der Waals surface area (Å²) >= 11 is 1.08. The minimum atomic E-state index is -4.41. The summed E-state index contributed by atoms with van der Waals surface area (Å²) in [7, 11) is 0. The van der Waals surface area contributed by atoms with Crippen LogP contribution in [0.3, 0.4) is 0 Å². The number of pyridine rings is 1. The zero-order chi connectivity index (χ0) is 27.2. The molecule has 0 spiro atoms. The molecule has 2 amide bonds. The van der Waals surface area contributed by atoms with Gasteiger partial charge in [0.2, 0.25) is 0 Å². The van der Waals surface area contributed by atoms with E-state index < -0.39 is 24.2 Å². The molecule has 2 aromatic rings. The maximum absolute atomic E-state index is 13.7. The van der Waals surface area contributed by atoms with Crippen LogP contribution in [0.5, 0.6) is 0 Å². The average Bonchev–Trinajstić information content (AvgIpc) is 3.65. The molecule has 4 heterocycles. The van der Waals surface area contributed by atoms with E-state index in [4.69, 9.17) is 0 Å². The number of aliphatic hydroxyl groups excluding tert-OH is 1. The Morgan fingerprint density at radius 3 is 2.42 bits per heavy atom. The van der Waals surface area contributed by atoms with Gasteiger partial charge in [-0.1, -0.05) is 6.92 Å². The van der Waals surface area contributed by atoms with E-state index in [0.29, 0.717) is 35.3 Å². The molecule has 8 nitrogen and oxygen atoms in total. The van der Waals surface area contributed by atoms with Gasteiger partial charge in [0.15, 0.2) is 5.01 Å². The summed E-state index contributed by atoms with van der Waals surface area (Å²) < 4.78 is 39.8. The number of alkyl halides is 3. The van der Waals surface area contributed by atoms with E-state index >= 15 is 0 Å². The summed E-state index contributed by atoms with van der Waals surface area (Å²) in [6.45, 7) is 3.19. The molecule has 1 saturated carbocycles. The second-order valence-electron chi connectivity index (χ2n) is 10.5. The number of hydrogen-bond acceptors (Lipinski definition) is 7. The summed E-state index contributed by atoms with van der Waals surface area (Å²) in [6, 6.07) is -0.0308. The van der Waals surface area contributed by atoms with Crippen LogP contribution in [-0.2, 0) is 0 Å². The van der Waals surface area contributed by atoms with Gasteiger partial charge in [0, 0.05) is 29.9 Å². The molecule has 12 heteroatoms. The number of aliphatic hydroxyl groups is 1. The van der Waals surface area contributed by atoms with Crippen LogP contribution in [0.15, 0.2) is 12.3 Å². The first-order valence-corrected chi connectivity index (χ1v) is 14.0. The van der Waals surface area contributed by atoms with Gasteiger partial charge in [-0.15, -0.1) is 11.3 Å². The number of carbonyl (C=O) groups is 2. The predicted octanol–water partition coefficient (Wildman–Crippen LogP) is 4.68. The lowest BCUT2D eigenvalue weighted by Gasteiger charge is -2.22. The van der Waals surface area contributed by atoms with Gasteiger partial charge in [-0.25, -0.2) is 9.97 Å². The van der Waals surface area contributed by atoms with Gasteiger partial charge in [0.25, 0.3) is 11.8 Å². The number of halogens is 3. The van der Waals surface area contributed by atoms with Crippen molar-refractivity contribution in [2.45, 2.75) is 102 Å². The number of aryl methyl sites for hydroxylation is 1.